The molecule has 3 aromatic rings. The number of rotatable bonds is 5. The van der Waals surface area contributed by atoms with E-state index >= 15 is 0 Å². The zero-order valence-electron chi connectivity index (χ0n) is 16.9. The molecule has 4 nitrogen and oxygen atoms in total. The smallest absolute Gasteiger partial charge is 0.208 e. The van der Waals surface area contributed by atoms with Gasteiger partial charge in [-0.1, -0.05) is 54.1 Å². The monoisotopic (exact) mass is 417 g/mol. The molecule has 3 aromatic carbocycles. The molecule has 152 valence electrons. The van der Waals surface area contributed by atoms with E-state index in [4.69, 9.17) is 4.74 Å². The molecular weight excluding hydrogens is 394 g/mol. The van der Waals surface area contributed by atoms with Gasteiger partial charge in [-0.25, -0.2) is 8.42 Å². The predicted molar refractivity (Wildman–Crippen MR) is 120 cm³/mol. The van der Waals surface area contributed by atoms with Crippen LogP contribution < -0.4 is 9.64 Å². The summed E-state index contributed by atoms with van der Waals surface area (Å²) < 4.78 is 31.8. The van der Waals surface area contributed by atoms with Crippen LogP contribution in [0.1, 0.15) is 17.2 Å². The first-order valence-electron chi connectivity index (χ1n) is 9.68. The lowest BCUT2D eigenvalue weighted by atomic mass is 10.0. The van der Waals surface area contributed by atoms with Crippen molar-refractivity contribution < 1.29 is 13.2 Å². The Morgan fingerprint density at radius 1 is 0.867 bits per heavy atom. The molecule has 4 rings (SSSR count). The van der Waals surface area contributed by atoms with Crippen molar-refractivity contribution in [1.82, 2.24) is 0 Å². The molecule has 0 aliphatic carbocycles. The van der Waals surface area contributed by atoms with Crippen LogP contribution in [0.5, 0.6) is 5.75 Å². The number of methoxy groups -OCH3 is 1. The van der Waals surface area contributed by atoms with E-state index in [-0.39, 0.29) is 15.8 Å². The number of aryl methyl sites for hydroxylation is 1. The molecule has 0 radical (unpaired) electrons. The van der Waals surface area contributed by atoms with Gasteiger partial charge in [0.2, 0.25) is 9.84 Å². The van der Waals surface area contributed by atoms with E-state index in [1.54, 1.807) is 31.5 Å². The zero-order chi connectivity index (χ0) is 21.1. The fourth-order valence-electron chi connectivity index (χ4n) is 3.46. The van der Waals surface area contributed by atoms with E-state index in [1.807, 2.05) is 84.6 Å². The molecule has 1 atom stereocenters. The fourth-order valence-corrected chi connectivity index (χ4v) is 4.74. The van der Waals surface area contributed by atoms with Crippen LogP contribution in [0.2, 0.25) is 0 Å². The van der Waals surface area contributed by atoms with Crippen LogP contribution in [0.4, 0.5) is 5.69 Å². The SMILES string of the molecule is COc1ccc(N2C=C(S(=O)(=O)c3ccc(C)cc3)C=CC2c2ccccc2)cc1. The van der Waals surface area contributed by atoms with Crippen molar-refractivity contribution in [2.45, 2.75) is 17.9 Å². The van der Waals surface area contributed by atoms with E-state index in [0.29, 0.717) is 0 Å². The highest BCUT2D eigenvalue weighted by atomic mass is 32.2. The average Bonchev–Trinajstić information content (AvgIpc) is 2.79. The summed E-state index contributed by atoms with van der Waals surface area (Å²) in [5.74, 6) is 0.749. The van der Waals surface area contributed by atoms with Crippen LogP contribution in [0.25, 0.3) is 0 Å². The zero-order valence-corrected chi connectivity index (χ0v) is 17.7. The second-order valence-electron chi connectivity index (χ2n) is 7.17. The molecule has 0 saturated heterocycles. The molecule has 0 aromatic heterocycles. The molecule has 0 fully saturated rings. The van der Waals surface area contributed by atoms with Gasteiger partial charge < -0.3 is 9.64 Å². The van der Waals surface area contributed by atoms with Gasteiger partial charge in [-0.3, -0.25) is 0 Å². The summed E-state index contributed by atoms with van der Waals surface area (Å²) >= 11 is 0. The largest absolute Gasteiger partial charge is 0.497 e. The van der Waals surface area contributed by atoms with Gasteiger partial charge in [0.15, 0.2) is 0 Å². The lowest BCUT2D eigenvalue weighted by molar-refractivity contribution is 0.415. The third-order valence-corrected chi connectivity index (χ3v) is 6.92. The highest BCUT2D eigenvalue weighted by molar-refractivity contribution is 7.95. The number of hydrogen-bond acceptors (Lipinski definition) is 4. The first-order valence-corrected chi connectivity index (χ1v) is 11.2. The van der Waals surface area contributed by atoms with Crippen molar-refractivity contribution in [2.75, 3.05) is 12.0 Å². The Hall–Kier alpha value is -3.31. The molecule has 0 N–H and O–H groups in total. The standard InChI is InChI=1S/C25H23NO3S/c1-19-8-14-23(15-9-19)30(27,28)24-16-17-25(20-6-4-3-5-7-20)26(18-24)21-10-12-22(29-2)13-11-21/h3-18,25H,1-2H3. The van der Waals surface area contributed by atoms with Crippen molar-refractivity contribution in [3.05, 3.63) is 113 Å². The Morgan fingerprint density at radius 3 is 2.17 bits per heavy atom. The van der Waals surface area contributed by atoms with Crippen molar-refractivity contribution in [3.8, 4) is 5.75 Å². The highest BCUT2D eigenvalue weighted by Crippen LogP contribution is 2.35. The number of ether oxygens (including phenoxy) is 1. The van der Waals surface area contributed by atoms with Crippen LogP contribution in [0.15, 0.2) is 107 Å². The molecule has 0 saturated carbocycles. The summed E-state index contributed by atoms with van der Waals surface area (Å²) in [6.07, 6.45) is 5.35. The van der Waals surface area contributed by atoms with Gasteiger partial charge in [0.25, 0.3) is 0 Å². The molecule has 1 aliphatic rings. The Morgan fingerprint density at radius 2 is 1.53 bits per heavy atom. The molecule has 5 heteroatoms. The molecular formula is C25H23NO3S. The van der Waals surface area contributed by atoms with Crippen molar-refractivity contribution in [2.24, 2.45) is 0 Å². The number of anilines is 1. The maximum atomic E-state index is 13.3. The summed E-state index contributed by atoms with van der Waals surface area (Å²) in [7, 11) is -2.01. The second kappa shape index (κ2) is 8.20. The molecule has 1 unspecified atom stereocenters. The number of sulfone groups is 1. The van der Waals surface area contributed by atoms with Gasteiger partial charge in [0.05, 0.1) is 23.0 Å². The first kappa shape index (κ1) is 20.0. The molecule has 30 heavy (non-hydrogen) atoms. The maximum absolute atomic E-state index is 13.3. The van der Waals surface area contributed by atoms with E-state index in [0.717, 1.165) is 22.6 Å². The molecule has 1 heterocycles. The van der Waals surface area contributed by atoms with Crippen molar-refractivity contribution in [1.29, 1.82) is 0 Å². The highest BCUT2D eigenvalue weighted by Gasteiger charge is 2.27. The summed E-state index contributed by atoms with van der Waals surface area (Å²) in [5, 5.41) is 0. The van der Waals surface area contributed by atoms with E-state index in [1.165, 1.54) is 0 Å². The summed E-state index contributed by atoms with van der Waals surface area (Å²) in [5.41, 5.74) is 2.98. The third-order valence-electron chi connectivity index (χ3n) is 5.16. The van der Waals surface area contributed by atoms with Crippen molar-refractivity contribution >= 4 is 15.5 Å². The molecule has 1 aliphatic heterocycles. The minimum Gasteiger partial charge on any atom is -0.497 e. The van der Waals surface area contributed by atoms with Gasteiger partial charge in [0, 0.05) is 11.9 Å². The summed E-state index contributed by atoms with van der Waals surface area (Å²) in [6, 6.07) is 24.4. The Kier molecular flexibility index (Phi) is 5.46. The molecule has 0 bridgehead atoms. The minimum absolute atomic E-state index is 0.114. The van der Waals surface area contributed by atoms with Gasteiger partial charge in [0.1, 0.15) is 5.75 Å². The van der Waals surface area contributed by atoms with E-state index in [9.17, 15) is 8.42 Å². The first-order chi connectivity index (χ1) is 14.5. The van der Waals surface area contributed by atoms with E-state index < -0.39 is 9.84 Å². The topological polar surface area (TPSA) is 46.6 Å². The second-order valence-corrected chi connectivity index (χ2v) is 9.12. The number of nitrogens with zero attached hydrogens (tertiary/aromatic N) is 1. The van der Waals surface area contributed by atoms with Crippen LogP contribution >= 0.6 is 0 Å². The average molecular weight is 418 g/mol. The van der Waals surface area contributed by atoms with Crippen LogP contribution in [-0.4, -0.2) is 15.5 Å². The number of benzene rings is 3. The van der Waals surface area contributed by atoms with Gasteiger partial charge in [-0.2, -0.15) is 0 Å². The Balaban J connectivity index is 1.78. The maximum Gasteiger partial charge on any atom is 0.208 e. The Labute approximate surface area is 177 Å². The summed E-state index contributed by atoms with van der Waals surface area (Å²) in [6.45, 7) is 1.94. The van der Waals surface area contributed by atoms with Crippen LogP contribution in [-0.2, 0) is 9.84 Å². The number of allylic oxidation sites excluding steroid dienone is 1. The van der Waals surface area contributed by atoms with Crippen LogP contribution in [0, 0.1) is 6.92 Å². The van der Waals surface area contributed by atoms with Gasteiger partial charge in [-0.05, 0) is 55.0 Å². The number of hydrogen-bond donors (Lipinski definition) is 0. The Bertz CT molecular complexity index is 1180. The minimum atomic E-state index is -3.63. The predicted octanol–water partition coefficient (Wildman–Crippen LogP) is 5.44. The van der Waals surface area contributed by atoms with Crippen molar-refractivity contribution in [3.63, 3.8) is 0 Å². The van der Waals surface area contributed by atoms with E-state index in [2.05, 4.69) is 0 Å². The quantitative estimate of drug-likeness (QED) is 0.555. The molecule has 0 amide bonds. The lowest BCUT2D eigenvalue weighted by Gasteiger charge is -2.32. The van der Waals surface area contributed by atoms with Crippen LogP contribution in [0.3, 0.4) is 0 Å². The summed E-state index contributed by atoms with van der Waals surface area (Å²) in [4.78, 5) is 2.53. The van der Waals surface area contributed by atoms with Gasteiger partial charge >= 0.3 is 0 Å². The fraction of sp³-hybridized carbons (Fsp3) is 0.120. The normalized spacial score (nSPS) is 16.3. The van der Waals surface area contributed by atoms with Gasteiger partial charge in [-0.15, -0.1) is 0 Å². The molecule has 0 spiro atoms. The lowest BCUT2D eigenvalue weighted by Crippen LogP contribution is -2.26. The third kappa shape index (κ3) is 3.89.